The first-order valence-corrected chi connectivity index (χ1v) is 7.03. The van der Waals surface area contributed by atoms with Crippen LogP contribution in [0.3, 0.4) is 0 Å². The second kappa shape index (κ2) is 5.94. The number of carboxylic acids is 1. The lowest BCUT2D eigenvalue weighted by Gasteiger charge is -2.20. The van der Waals surface area contributed by atoms with Crippen LogP contribution in [-0.2, 0) is 14.8 Å². The second-order valence-electron chi connectivity index (χ2n) is 4.24. The van der Waals surface area contributed by atoms with Gasteiger partial charge in [0, 0.05) is 31.6 Å². The number of sulfonamides is 1. The molecule has 19 heavy (non-hydrogen) atoms. The molecule has 104 valence electrons. The molecule has 0 bridgehead atoms. The van der Waals surface area contributed by atoms with Gasteiger partial charge in [-0.3, -0.25) is 4.98 Å². The van der Waals surface area contributed by atoms with E-state index in [0.29, 0.717) is 5.56 Å². The molecule has 1 aromatic heterocycles. The van der Waals surface area contributed by atoms with Gasteiger partial charge in [0.1, 0.15) is 4.90 Å². The van der Waals surface area contributed by atoms with Crippen LogP contribution in [0.15, 0.2) is 29.4 Å². The molecular formula is C12H16N2O4S. The monoisotopic (exact) mass is 284 g/mol. The number of carbonyl (C=O) groups is 1. The number of hydrogen-bond donors (Lipinski definition) is 1. The van der Waals surface area contributed by atoms with Crippen molar-refractivity contribution in [3.63, 3.8) is 0 Å². The molecule has 0 aromatic carbocycles. The van der Waals surface area contributed by atoms with Gasteiger partial charge in [0.2, 0.25) is 10.0 Å². The summed E-state index contributed by atoms with van der Waals surface area (Å²) in [5, 5.41) is 8.53. The van der Waals surface area contributed by atoms with Crippen LogP contribution in [0.1, 0.15) is 19.4 Å². The predicted molar refractivity (Wildman–Crippen MR) is 71.0 cm³/mol. The molecule has 0 aliphatic rings. The van der Waals surface area contributed by atoms with Crippen molar-refractivity contribution in [2.45, 2.75) is 24.8 Å². The van der Waals surface area contributed by atoms with Gasteiger partial charge in [-0.25, -0.2) is 13.2 Å². The Labute approximate surface area is 112 Å². The molecule has 0 radical (unpaired) electrons. The maximum Gasteiger partial charge on any atom is 0.328 e. The normalized spacial score (nSPS) is 12.5. The smallest absolute Gasteiger partial charge is 0.328 e. The van der Waals surface area contributed by atoms with Gasteiger partial charge in [0.25, 0.3) is 0 Å². The SMILES string of the molecule is CC(C)N(C)S(=O)(=O)c1cncc(C=CC(=O)O)c1. The summed E-state index contributed by atoms with van der Waals surface area (Å²) in [5.74, 6) is -1.10. The van der Waals surface area contributed by atoms with Crippen molar-refractivity contribution in [1.29, 1.82) is 0 Å². The Morgan fingerprint density at radius 1 is 1.42 bits per heavy atom. The van der Waals surface area contributed by atoms with Crippen LogP contribution in [0.4, 0.5) is 0 Å². The first kappa shape index (κ1) is 15.3. The molecule has 0 aliphatic carbocycles. The largest absolute Gasteiger partial charge is 0.478 e. The molecule has 0 saturated heterocycles. The van der Waals surface area contributed by atoms with E-state index in [-0.39, 0.29) is 10.9 Å². The highest BCUT2D eigenvalue weighted by atomic mass is 32.2. The maximum atomic E-state index is 12.2. The zero-order valence-electron chi connectivity index (χ0n) is 10.9. The number of nitrogens with zero attached hydrogens (tertiary/aromatic N) is 2. The zero-order valence-corrected chi connectivity index (χ0v) is 11.8. The molecule has 1 N–H and O–H groups in total. The summed E-state index contributed by atoms with van der Waals surface area (Å²) in [7, 11) is -2.12. The van der Waals surface area contributed by atoms with Gasteiger partial charge < -0.3 is 5.11 Å². The van der Waals surface area contributed by atoms with Crippen molar-refractivity contribution in [2.24, 2.45) is 0 Å². The van der Waals surface area contributed by atoms with Gasteiger partial charge in [-0.15, -0.1) is 0 Å². The van der Waals surface area contributed by atoms with Crippen molar-refractivity contribution in [3.05, 3.63) is 30.1 Å². The summed E-state index contributed by atoms with van der Waals surface area (Å²) in [6.45, 7) is 3.53. The van der Waals surface area contributed by atoms with Crippen LogP contribution in [0, 0.1) is 0 Å². The third kappa shape index (κ3) is 3.87. The first-order chi connectivity index (χ1) is 8.75. The van der Waals surface area contributed by atoms with E-state index in [1.54, 1.807) is 13.8 Å². The van der Waals surface area contributed by atoms with E-state index in [1.807, 2.05) is 0 Å². The molecule has 0 saturated carbocycles. The maximum absolute atomic E-state index is 12.2. The van der Waals surface area contributed by atoms with Gasteiger partial charge in [-0.2, -0.15) is 4.31 Å². The quantitative estimate of drug-likeness (QED) is 0.821. The molecule has 7 heteroatoms. The Bertz CT molecular complexity index is 594. The first-order valence-electron chi connectivity index (χ1n) is 5.59. The summed E-state index contributed by atoms with van der Waals surface area (Å²) >= 11 is 0. The zero-order chi connectivity index (χ0) is 14.6. The van der Waals surface area contributed by atoms with Crippen molar-refractivity contribution in [3.8, 4) is 0 Å². The van der Waals surface area contributed by atoms with Crippen LogP contribution in [0.25, 0.3) is 6.08 Å². The van der Waals surface area contributed by atoms with Crippen molar-refractivity contribution >= 4 is 22.1 Å². The van der Waals surface area contributed by atoms with Gasteiger partial charge in [-0.05, 0) is 31.6 Å². The van der Waals surface area contributed by atoms with E-state index >= 15 is 0 Å². The molecule has 0 spiro atoms. The van der Waals surface area contributed by atoms with Crippen molar-refractivity contribution < 1.29 is 18.3 Å². The van der Waals surface area contributed by atoms with Gasteiger partial charge in [0.15, 0.2) is 0 Å². The van der Waals surface area contributed by atoms with Crippen LogP contribution in [-0.4, -0.2) is 41.9 Å². The van der Waals surface area contributed by atoms with Gasteiger partial charge in [0.05, 0.1) is 0 Å². The highest BCUT2D eigenvalue weighted by molar-refractivity contribution is 7.89. The molecule has 1 aromatic rings. The average Bonchev–Trinajstić information content (AvgIpc) is 2.35. The standard InChI is InChI=1S/C12H16N2O4S/c1-9(2)14(3)19(17,18)11-6-10(7-13-8-11)4-5-12(15)16/h4-9H,1-3H3,(H,15,16). The van der Waals surface area contributed by atoms with Crippen LogP contribution >= 0.6 is 0 Å². The second-order valence-corrected chi connectivity index (χ2v) is 6.24. The number of aromatic nitrogens is 1. The lowest BCUT2D eigenvalue weighted by molar-refractivity contribution is -0.131. The molecule has 1 heterocycles. The highest BCUT2D eigenvalue weighted by Crippen LogP contribution is 2.17. The summed E-state index contributed by atoms with van der Waals surface area (Å²) in [6, 6.07) is 1.21. The molecule has 0 fully saturated rings. The molecule has 0 amide bonds. The van der Waals surface area contributed by atoms with Gasteiger partial charge in [-0.1, -0.05) is 0 Å². The van der Waals surface area contributed by atoms with E-state index in [0.717, 1.165) is 6.08 Å². The summed E-state index contributed by atoms with van der Waals surface area (Å²) in [5.41, 5.74) is 0.417. The number of carboxylic acid groups (broad SMARTS) is 1. The number of aliphatic carboxylic acids is 1. The van der Waals surface area contributed by atoms with E-state index < -0.39 is 16.0 Å². The van der Waals surface area contributed by atoms with Crippen LogP contribution in [0.5, 0.6) is 0 Å². The fourth-order valence-corrected chi connectivity index (χ4v) is 2.65. The fraction of sp³-hybridized carbons (Fsp3) is 0.333. The minimum atomic E-state index is -3.61. The predicted octanol–water partition coefficient (Wildman–Crippen LogP) is 1.21. The minimum Gasteiger partial charge on any atom is -0.478 e. The van der Waals surface area contributed by atoms with Crippen molar-refractivity contribution in [1.82, 2.24) is 9.29 Å². The van der Waals surface area contributed by atoms with Crippen LogP contribution in [0.2, 0.25) is 0 Å². The summed E-state index contributed by atoms with van der Waals surface area (Å²) < 4.78 is 25.6. The third-order valence-electron chi connectivity index (χ3n) is 2.56. The number of hydrogen-bond acceptors (Lipinski definition) is 4. The molecule has 1 rings (SSSR count). The topological polar surface area (TPSA) is 87.6 Å². The molecule has 0 unspecified atom stereocenters. The Morgan fingerprint density at radius 2 is 2.05 bits per heavy atom. The van der Waals surface area contributed by atoms with Gasteiger partial charge >= 0.3 is 5.97 Å². The summed E-state index contributed by atoms with van der Waals surface area (Å²) in [4.78, 5) is 14.3. The van der Waals surface area contributed by atoms with E-state index in [1.165, 1.54) is 35.9 Å². The summed E-state index contributed by atoms with van der Waals surface area (Å²) in [6.07, 6.45) is 4.86. The van der Waals surface area contributed by atoms with Crippen molar-refractivity contribution in [2.75, 3.05) is 7.05 Å². The Balaban J connectivity index is 3.16. The average molecular weight is 284 g/mol. The Hall–Kier alpha value is -1.73. The number of pyridine rings is 1. The lowest BCUT2D eigenvalue weighted by Crippen LogP contribution is -2.33. The third-order valence-corrected chi connectivity index (χ3v) is 4.56. The highest BCUT2D eigenvalue weighted by Gasteiger charge is 2.23. The molecular weight excluding hydrogens is 268 g/mol. The fourth-order valence-electron chi connectivity index (χ4n) is 1.28. The minimum absolute atomic E-state index is 0.0382. The van der Waals surface area contributed by atoms with E-state index in [2.05, 4.69) is 4.98 Å². The Morgan fingerprint density at radius 3 is 2.58 bits per heavy atom. The molecule has 6 nitrogen and oxygen atoms in total. The van der Waals surface area contributed by atoms with E-state index in [9.17, 15) is 13.2 Å². The van der Waals surface area contributed by atoms with E-state index in [4.69, 9.17) is 5.11 Å². The molecule has 0 atom stereocenters. The molecule has 0 aliphatic heterocycles. The van der Waals surface area contributed by atoms with Crippen LogP contribution < -0.4 is 0 Å². The number of rotatable bonds is 5. The Kier molecular flexibility index (Phi) is 4.79. The lowest BCUT2D eigenvalue weighted by atomic mass is 10.2.